The van der Waals surface area contributed by atoms with E-state index < -0.39 is 0 Å². The first-order valence-electron chi connectivity index (χ1n) is 7.71. The molecule has 2 aliphatic rings. The van der Waals surface area contributed by atoms with Gasteiger partial charge in [0.15, 0.2) is 0 Å². The normalized spacial score (nSPS) is 31.0. The molecule has 0 amide bonds. The van der Waals surface area contributed by atoms with E-state index in [9.17, 15) is 0 Å². The molecule has 2 N–H and O–H groups in total. The fourth-order valence-corrected chi connectivity index (χ4v) is 6.13. The third-order valence-corrected chi connectivity index (χ3v) is 7.18. The molecule has 4 rings (SSSR count). The summed E-state index contributed by atoms with van der Waals surface area (Å²) < 4.78 is 7.49. The minimum atomic E-state index is 0.122. The SMILES string of the molecule is NC(c1csc2ccccc12)C1CCOC2(CCSC2)C1. The Morgan fingerprint density at radius 3 is 3.10 bits per heavy atom. The molecule has 3 heterocycles. The standard InChI is InChI=1S/C17H21NOS2/c18-16(14-10-21-15-4-2-1-3-13(14)15)12-5-7-19-17(9-12)6-8-20-11-17/h1-4,10,12,16H,5-9,11,18H2. The lowest BCUT2D eigenvalue weighted by Crippen LogP contribution is -2.42. The number of rotatable bonds is 2. The van der Waals surface area contributed by atoms with E-state index in [-0.39, 0.29) is 11.6 Å². The van der Waals surface area contributed by atoms with Crippen molar-refractivity contribution in [3.05, 3.63) is 35.2 Å². The summed E-state index contributed by atoms with van der Waals surface area (Å²) in [5.74, 6) is 2.94. The van der Waals surface area contributed by atoms with Crippen molar-refractivity contribution in [2.75, 3.05) is 18.1 Å². The summed E-state index contributed by atoms with van der Waals surface area (Å²) in [7, 11) is 0. The number of thioether (sulfide) groups is 1. The predicted octanol–water partition coefficient (Wildman–Crippen LogP) is 4.20. The van der Waals surface area contributed by atoms with Crippen LogP contribution in [0.1, 0.15) is 30.9 Å². The third-order valence-electron chi connectivity index (χ3n) is 4.98. The Balaban J connectivity index is 1.60. The third kappa shape index (κ3) is 2.52. The molecule has 2 aliphatic heterocycles. The highest BCUT2D eigenvalue weighted by atomic mass is 32.2. The van der Waals surface area contributed by atoms with Gasteiger partial charge in [0.2, 0.25) is 0 Å². The molecule has 0 saturated carbocycles. The zero-order valence-corrected chi connectivity index (χ0v) is 13.7. The van der Waals surface area contributed by atoms with Gasteiger partial charge in [-0.1, -0.05) is 18.2 Å². The Kier molecular flexibility index (Phi) is 3.74. The summed E-state index contributed by atoms with van der Waals surface area (Å²) in [6.45, 7) is 0.876. The maximum Gasteiger partial charge on any atom is 0.0783 e. The zero-order chi connectivity index (χ0) is 14.3. The Morgan fingerprint density at radius 2 is 2.24 bits per heavy atom. The van der Waals surface area contributed by atoms with Crippen molar-refractivity contribution in [2.45, 2.75) is 30.9 Å². The van der Waals surface area contributed by atoms with Crippen molar-refractivity contribution in [1.82, 2.24) is 0 Å². The van der Waals surface area contributed by atoms with Gasteiger partial charge in [0, 0.05) is 23.1 Å². The molecule has 3 atom stereocenters. The summed E-state index contributed by atoms with van der Waals surface area (Å²) in [5, 5.41) is 3.61. The molecular weight excluding hydrogens is 298 g/mol. The zero-order valence-electron chi connectivity index (χ0n) is 12.1. The predicted molar refractivity (Wildman–Crippen MR) is 92.1 cm³/mol. The fourth-order valence-electron chi connectivity index (χ4n) is 3.75. The van der Waals surface area contributed by atoms with Gasteiger partial charge in [-0.15, -0.1) is 11.3 Å². The number of nitrogens with two attached hydrogens (primary N) is 1. The molecule has 0 bridgehead atoms. The van der Waals surface area contributed by atoms with Gasteiger partial charge in [-0.3, -0.25) is 0 Å². The second-order valence-electron chi connectivity index (χ2n) is 6.30. The van der Waals surface area contributed by atoms with Crippen LogP contribution in [-0.2, 0) is 4.74 Å². The number of fused-ring (bicyclic) bond motifs is 1. The van der Waals surface area contributed by atoms with Crippen molar-refractivity contribution >= 4 is 33.2 Å². The van der Waals surface area contributed by atoms with E-state index in [4.69, 9.17) is 10.5 Å². The molecule has 3 unspecified atom stereocenters. The van der Waals surface area contributed by atoms with Crippen molar-refractivity contribution in [3.63, 3.8) is 0 Å². The van der Waals surface area contributed by atoms with E-state index in [1.165, 1.54) is 27.8 Å². The molecule has 0 radical (unpaired) electrons. The van der Waals surface area contributed by atoms with E-state index in [1.54, 1.807) is 0 Å². The summed E-state index contributed by atoms with van der Waals surface area (Å²) in [6, 6.07) is 8.77. The van der Waals surface area contributed by atoms with Crippen LogP contribution in [0.25, 0.3) is 10.1 Å². The van der Waals surface area contributed by atoms with Crippen LogP contribution in [0.15, 0.2) is 29.6 Å². The van der Waals surface area contributed by atoms with Crippen LogP contribution in [-0.4, -0.2) is 23.7 Å². The first-order chi connectivity index (χ1) is 10.3. The van der Waals surface area contributed by atoms with Crippen molar-refractivity contribution in [3.8, 4) is 0 Å². The molecule has 1 aromatic carbocycles. The lowest BCUT2D eigenvalue weighted by Gasteiger charge is -2.40. The molecule has 2 nitrogen and oxygen atoms in total. The van der Waals surface area contributed by atoms with Crippen LogP contribution in [0.3, 0.4) is 0 Å². The van der Waals surface area contributed by atoms with Crippen LogP contribution < -0.4 is 5.73 Å². The van der Waals surface area contributed by atoms with Gasteiger partial charge in [-0.05, 0) is 53.3 Å². The van der Waals surface area contributed by atoms with Crippen LogP contribution >= 0.6 is 23.1 Å². The molecule has 1 aromatic heterocycles. The Morgan fingerprint density at radius 1 is 1.33 bits per heavy atom. The van der Waals surface area contributed by atoms with Gasteiger partial charge in [-0.25, -0.2) is 0 Å². The summed E-state index contributed by atoms with van der Waals surface area (Å²) in [5.41, 5.74) is 8.13. The van der Waals surface area contributed by atoms with E-state index in [0.717, 1.165) is 25.2 Å². The minimum absolute atomic E-state index is 0.122. The summed E-state index contributed by atoms with van der Waals surface area (Å²) in [6.07, 6.45) is 3.42. The van der Waals surface area contributed by atoms with Gasteiger partial charge in [0.05, 0.1) is 5.60 Å². The smallest absolute Gasteiger partial charge is 0.0783 e. The summed E-state index contributed by atoms with van der Waals surface area (Å²) in [4.78, 5) is 0. The number of hydrogen-bond donors (Lipinski definition) is 1. The van der Waals surface area contributed by atoms with Crippen LogP contribution in [0.2, 0.25) is 0 Å². The van der Waals surface area contributed by atoms with Crippen LogP contribution in [0.5, 0.6) is 0 Å². The second kappa shape index (κ2) is 5.58. The lowest BCUT2D eigenvalue weighted by molar-refractivity contribution is -0.0833. The van der Waals surface area contributed by atoms with E-state index in [0.29, 0.717) is 5.92 Å². The molecule has 0 aliphatic carbocycles. The molecule has 2 aromatic rings. The topological polar surface area (TPSA) is 35.2 Å². The van der Waals surface area contributed by atoms with Gasteiger partial charge in [0.1, 0.15) is 0 Å². The first-order valence-corrected chi connectivity index (χ1v) is 9.74. The average molecular weight is 319 g/mol. The largest absolute Gasteiger partial charge is 0.374 e. The second-order valence-corrected chi connectivity index (χ2v) is 8.32. The van der Waals surface area contributed by atoms with Gasteiger partial charge in [-0.2, -0.15) is 11.8 Å². The maximum absolute atomic E-state index is 6.68. The number of hydrogen-bond acceptors (Lipinski definition) is 4. The van der Waals surface area contributed by atoms with Crippen molar-refractivity contribution in [1.29, 1.82) is 0 Å². The highest BCUT2D eigenvalue weighted by Gasteiger charge is 2.42. The van der Waals surface area contributed by atoms with Crippen molar-refractivity contribution in [2.24, 2.45) is 11.7 Å². The number of benzene rings is 1. The van der Waals surface area contributed by atoms with Crippen molar-refractivity contribution < 1.29 is 4.74 Å². The Labute approximate surface area is 134 Å². The Bertz CT molecular complexity index is 633. The molecule has 21 heavy (non-hydrogen) atoms. The summed E-state index contributed by atoms with van der Waals surface area (Å²) >= 11 is 3.84. The Hall–Kier alpha value is -0.550. The quantitative estimate of drug-likeness (QED) is 0.901. The van der Waals surface area contributed by atoms with E-state index >= 15 is 0 Å². The molecule has 1 spiro atoms. The first kappa shape index (κ1) is 14.1. The maximum atomic E-state index is 6.68. The molecule has 112 valence electrons. The van der Waals surface area contributed by atoms with Crippen LogP contribution in [0.4, 0.5) is 0 Å². The van der Waals surface area contributed by atoms with Gasteiger partial charge < -0.3 is 10.5 Å². The van der Waals surface area contributed by atoms with Crippen LogP contribution in [0, 0.1) is 5.92 Å². The van der Waals surface area contributed by atoms with E-state index in [2.05, 4.69) is 29.6 Å². The molecule has 2 saturated heterocycles. The monoisotopic (exact) mass is 319 g/mol. The number of ether oxygens (including phenoxy) is 1. The highest BCUT2D eigenvalue weighted by molar-refractivity contribution is 7.99. The fraction of sp³-hybridized carbons (Fsp3) is 0.529. The number of thiophene rings is 1. The van der Waals surface area contributed by atoms with Gasteiger partial charge >= 0.3 is 0 Å². The molecular formula is C17H21NOS2. The minimum Gasteiger partial charge on any atom is -0.374 e. The molecule has 4 heteroatoms. The highest BCUT2D eigenvalue weighted by Crippen LogP contribution is 2.44. The van der Waals surface area contributed by atoms with E-state index in [1.807, 2.05) is 23.1 Å². The van der Waals surface area contributed by atoms with Gasteiger partial charge in [0.25, 0.3) is 0 Å². The molecule has 2 fully saturated rings. The average Bonchev–Trinajstić information content (AvgIpc) is 3.14. The lowest BCUT2D eigenvalue weighted by atomic mass is 9.79.